The van der Waals surface area contributed by atoms with Gasteiger partial charge in [-0.25, -0.2) is 9.67 Å². The monoisotopic (exact) mass is 270 g/mol. The van der Waals surface area contributed by atoms with Crippen molar-refractivity contribution in [3.05, 3.63) is 35.8 Å². The molecule has 8 heteroatoms. The maximum Gasteiger partial charge on any atom is 0.433 e. The topological polar surface area (TPSA) is 73.8 Å². The highest BCUT2D eigenvalue weighted by atomic mass is 19.4. The number of aromatic nitrogens is 3. The van der Waals surface area contributed by atoms with Crippen molar-refractivity contribution >= 4 is 11.6 Å². The number of alkyl halides is 3. The summed E-state index contributed by atoms with van der Waals surface area (Å²) in [5.74, 6) is -0.254. The van der Waals surface area contributed by atoms with E-state index in [9.17, 15) is 18.0 Å². The van der Waals surface area contributed by atoms with Gasteiger partial charge in [-0.3, -0.25) is 4.79 Å². The zero-order valence-electron chi connectivity index (χ0n) is 9.77. The van der Waals surface area contributed by atoms with E-state index in [0.29, 0.717) is 0 Å². The van der Waals surface area contributed by atoms with Gasteiger partial charge in [-0.05, 0) is 19.1 Å². The molecule has 2 N–H and O–H groups in total. The second-order valence-corrected chi connectivity index (χ2v) is 3.83. The number of hydrogen-bond donors (Lipinski definition) is 1. The van der Waals surface area contributed by atoms with Gasteiger partial charge in [0.05, 0.1) is 17.4 Å². The van der Waals surface area contributed by atoms with E-state index in [4.69, 9.17) is 5.73 Å². The zero-order chi connectivity index (χ0) is 14.2. The minimum absolute atomic E-state index is 0.0207. The van der Waals surface area contributed by atoms with E-state index in [-0.39, 0.29) is 22.9 Å². The summed E-state index contributed by atoms with van der Waals surface area (Å²) in [6.45, 7) is 1.32. The summed E-state index contributed by atoms with van der Waals surface area (Å²) in [6.07, 6.45) is -2.13. The number of pyridine rings is 1. The first-order valence-corrected chi connectivity index (χ1v) is 5.18. The van der Waals surface area contributed by atoms with Gasteiger partial charge in [0.2, 0.25) is 0 Å². The molecule has 2 aromatic rings. The molecule has 5 nitrogen and oxygen atoms in total. The van der Waals surface area contributed by atoms with Gasteiger partial charge in [-0.15, -0.1) is 5.10 Å². The number of rotatable bonds is 2. The molecule has 2 rings (SSSR count). The van der Waals surface area contributed by atoms with Gasteiger partial charge < -0.3 is 5.73 Å². The summed E-state index contributed by atoms with van der Waals surface area (Å²) < 4.78 is 38.2. The van der Waals surface area contributed by atoms with Crippen molar-refractivity contribution in [2.45, 2.75) is 13.1 Å². The maximum atomic E-state index is 12.3. The molecular weight excluding hydrogens is 261 g/mol. The van der Waals surface area contributed by atoms with E-state index in [2.05, 4.69) is 10.1 Å². The van der Waals surface area contributed by atoms with Crippen LogP contribution in [-0.4, -0.2) is 20.5 Å². The predicted molar refractivity (Wildman–Crippen MR) is 60.8 cm³/mol. The molecule has 0 aliphatic carbocycles. The Labute approximate surface area is 105 Å². The lowest BCUT2D eigenvalue weighted by atomic mass is 10.2. The lowest BCUT2D eigenvalue weighted by molar-refractivity contribution is -0.141. The van der Waals surface area contributed by atoms with Crippen molar-refractivity contribution < 1.29 is 18.0 Å². The first-order chi connectivity index (χ1) is 8.79. The van der Waals surface area contributed by atoms with E-state index in [1.807, 2.05) is 0 Å². The first kappa shape index (κ1) is 13.1. The maximum absolute atomic E-state index is 12.3. The van der Waals surface area contributed by atoms with E-state index in [1.165, 1.54) is 23.9 Å². The van der Waals surface area contributed by atoms with Crippen LogP contribution in [0.4, 0.5) is 19.0 Å². The molecule has 0 aliphatic heterocycles. The summed E-state index contributed by atoms with van der Waals surface area (Å²) >= 11 is 0. The molecule has 2 aromatic heterocycles. The van der Waals surface area contributed by atoms with Crippen LogP contribution in [0, 0.1) is 0 Å². The summed E-state index contributed by atoms with van der Waals surface area (Å²) in [7, 11) is 0. The third-order valence-corrected chi connectivity index (χ3v) is 2.42. The zero-order valence-corrected chi connectivity index (χ0v) is 9.77. The van der Waals surface area contributed by atoms with E-state index in [0.717, 1.165) is 12.3 Å². The molecule has 0 saturated carbocycles. The number of nitrogens with zero attached hydrogens (tertiary/aromatic N) is 3. The summed E-state index contributed by atoms with van der Waals surface area (Å²) in [6, 6.07) is 2.03. The molecule has 0 spiro atoms. The smallest absolute Gasteiger partial charge is 0.382 e. The van der Waals surface area contributed by atoms with Crippen molar-refractivity contribution in [1.29, 1.82) is 0 Å². The Balaban J connectivity index is 2.38. The van der Waals surface area contributed by atoms with Gasteiger partial charge in [0, 0.05) is 6.20 Å². The molecule has 0 aromatic carbocycles. The average Bonchev–Trinajstić information content (AvgIpc) is 2.70. The number of Topliss-reactive ketones (excluding diaryl/α,β-unsaturated/α-hetero) is 1. The number of carbonyl (C=O) groups is 1. The molecule has 0 fully saturated rings. The Bertz CT molecular complexity index is 616. The van der Waals surface area contributed by atoms with Crippen molar-refractivity contribution in [3.8, 4) is 5.69 Å². The third kappa shape index (κ3) is 2.56. The van der Waals surface area contributed by atoms with E-state index < -0.39 is 11.9 Å². The van der Waals surface area contributed by atoms with E-state index in [1.54, 1.807) is 0 Å². The fourth-order valence-corrected chi connectivity index (χ4v) is 1.48. The molecule has 0 unspecified atom stereocenters. The molecule has 0 saturated heterocycles. The van der Waals surface area contributed by atoms with Gasteiger partial charge in [-0.1, -0.05) is 0 Å². The summed E-state index contributed by atoms with van der Waals surface area (Å²) in [4.78, 5) is 14.5. The van der Waals surface area contributed by atoms with Crippen LogP contribution in [0.5, 0.6) is 0 Å². The molecular formula is C11H9F3N4O. The quantitative estimate of drug-likeness (QED) is 0.848. The van der Waals surface area contributed by atoms with Gasteiger partial charge >= 0.3 is 6.18 Å². The van der Waals surface area contributed by atoms with Gasteiger partial charge in [0.15, 0.2) is 11.6 Å². The largest absolute Gasteiger partial charge is 0.433 e. The molecule has 19 heavy (non-hydrogen) atoms. The number of ketones is 1. The number of anilines is 1. The second kappa shape index (κ2) is 4.38. The predicted octanol–water partition coefficient (Wildman–Crippen LogP) is 2.07. The minimum atomic E-state index is -4.49. The Kier molecular flexibility index (Phi) is 3.01. The lowest BCUT2D eigenvalue weighted by Gasteiger charge is -2.06. The normalized spacial score (nSPS) is 11.6. The fraction of sp³-hybridized carbons (Fsp3) is 0.182. The van der Waals surface area contributed by atoms with Crippen LogP contribution in [0.2, 0.25) is 0 Å². The molecule has 100 valence electrons. The summed E-state index contributed by atoms with van der Waals surface area (Å²) in [5.41, 5.74) is 5.02. The number of nitrogen functional groups attached to an aromatic ring is 1. The van der Waals surface area contributed by atoms with Gasteiger partial charge in [0.25, 0.3) is 0 Å². The second-order valence-electron chi connectivity index (χ2n) is 3.83. The Morgan fingerprint density at radius 1 is 1.37 bits per heavy atom. The summed E-state index contributed by atoms with van der Waals surface area (Å²) in [5, 5.41) is 3.85. The van der Waals surface area contributed by atoms with Crippen LogP contribution in [-0.2, 0) is 6.18 Å². The van der Waals surface area contributed by atoms with Gasteiger partial charge in [-0.2, -0.15) is 13.2 Å². The van der Waals surface area contributed by atoms with Gasteiger partial charge in [0.1, 0.15) is 5.69 Å². The highest BCUT2D eigenvalue weighted by molar-refractivity contribution is 5.98. The minimum Gasteiger partial charge on any atom is -0.382 e. The molecule has 0 atom stereocenters. The Hall–Kier alpha value is -2.38. The van der Waals surface area contributed by atoms with Crippen LogP contribution in [0.25, 0.3) is 5.69 Å². The average molecular weight is 270 g/mol. The molecule has 0 radical (unpaired) electrons. The standard InChI is InChI=1S/C11H9F3N4O/c1-6(19)8-5-18(17-10(8)15)7-2-3-9(16-4-7)11(12,13)14/h2-5H,1H3,(H2,15,17). The van der Waals surface area contributed by atoms with E-state index >= 15 is 0 Å². The number of nitrogens with two attached hydrogens (primary N) is 1. The van der Waals surface area contributed by atoms with Crippen LogP contribution in [0.15, 0.2) is 24.5 Å². The Morgan fingerprint density at radius 3 is 2.47 bits per heavy atom. The molecule has 0 bridgehead atoms. The number of carbonyl (C=O) groups excluding carboxylic acids is 1. The van der Waals surface area contributed by atoms with Crippen molar-refractivity contribution in [2.75, 3.05) is 5.73 Å². The molecule has 2 heterocycles. The van der Waals surface area contributed by atoms with Crippen LogP contribution in [0.1, 0.15) is 23.0 Å². The lowest BCUT2D eigenvalue weighted by Crippen LogP contribution is -2.08. The van der Waals surface area contributed by atoms with Crippen molar-refractivity contribution in [1.82, 2.24) is 14.8 Å². The molecule has 0 amide bonds. The highest BCUT2D eigenvalue weighted by Gasteiger charge is 2.32. The number of hydrogen-bond acceptors (Lipinski definition) is 4. The molecule has 0 aliphatic rings. The number of halogens is 3. The van der Waals surface area contributed by atoms with Crippen molar-refractivity contribution in [3.63, 3.8) is 0 Å². The SMILES string of the molecule is CC(=O)c1cn(-c2ccc(C(F)(F)F)nc2)nc1N. The highest BCUT2D eigenvalue weighted by Crippen LogP contribution is 2.27. The third-order valence-electron chi connectivity index (χ3n) is 2.42. The van der Waals surface area contributed by atoms with Crippen LogP contribution in [0.3, 0.4) is 0 Å². The Morgan fingerprint density at radius 2 is 2.05 bits per heavy atom. The fourth-order valence-electron chi connectivity index (χ4n) is 1.48. The van der Waals surface area contributed by atoms with Crippen LogP contribution >= 0.6 is 0 Å². The van der Waals surface area contributed by atoms with Crippen molar-refractivity contribution in [2.24, 2.45) is 0 Å². The first-order valence-electron chi connectivity index (χ1n) is 5.18. The van der Waals surface area contributed by atoms with Crippen LogP contribution < -0.4 is 5.73 Å².